The molecule has 1 fully saturated rings. The molecule has 1 amide bonds. The summed E-state index contributed by atoms with van der Waals surface area (Å²) in [5.41, 5.74) is 0.957. The maximum Gasteiger partial charge on any atom is 0.254 e. The Morgan fingerprint density at radius 2 is 2.11 bits per heavy atom. The van der Waals surface area contributed by atoms with Crippen molar-refractivity contribution in [2.45, 2.75) is 25.7 Å². The van der Waals surface area contributed by atoms with Crippen molar-refractivity contribution in [2.75, 3.05) is 5.01 Å². The van der Waals surface area contributed by atoms with Gasteiger partial charge in [0, 0.05) is 6.20 Å². The van der Waals surface area contributed by atoms with E-state index in [1.165, 1.54) is 17.6 Å². The Morgan fingerprint density at radius 3 is 2.72 bits per heavy atom. The monoisotopic (exact) mass is 283 g/mol. The number of pyridine rings is 1. The van der Waals surface area contributed by atoms with Crippen LogP contribution >= 0.6 is 23.2 Å². The summed E-state index contributed by atoms with van der Waals surface area (Å²) in [7, 11) is 0. The zero-order valence-corrected chi connectivity index (χ0v) is 11.1. The Morgan fingerprint density at radius 1 is 1.33 bits per heavy atom. The van der Waals surface area contributed by atoms with E-state index in [4.69, 9.17) is 23.2 Å². The lowest BCUT2D eigenvalue weighted by Gasteiger charge is -2.24. The summed E-state index contributed by atoms with van der Waals surface area (Å²) in [6, 6.07) is 1.57. The maximum absolute atomic E-state index is 11.9. The number of carbonyl (C=O) groups is 1. The lowest BCUT2D eigenvalue weighted by Crippen LogP contribution is -2.22. The second-order valence-corrected chi connectivity index (χ2v) is 5.40. The first-order valence-corrected chi connectivity index (χ1v) is 6.62. The van der Waals surface area contributed by atoms with Gasteiger partial charge in [0.1, 0.15) is 0 Å². The Hall–Kier alpha value is -1.13. The standard InChI is InChI=1S/C12H11Cl2N3O/c13-8-4-9(14)12(15-6-8)17-11(18)5-10(16-17)7-2-1-3-7/h4,6-7H,1-3,5H2. The fourth-order valence-electron chi connectivity index (χ4n) is 2.15. The van der Waals surface area contributed by atoms with Crippen molar-refractivity contribution in [3.63, 3.8) is 0 Å². The van der Waals surface area contributed by atoms with E-state index in [1.807, 2.05) is 0 Å². The number of rotatable bonds is 2. The van der Waals surface area contributed by atoms with Crippen molar-refractivity contribution >= 4 is 40.6 Å². The number of aromatic nitrogens is 1. The van der Waals surface area contributed by atoms with E-state index in [1.54, 1.807) is 6.07 Å². The summed E-state index contributed by atoms with van der Waals surface area (Å²) in [5.74, 6) is 0.749. The van der Waals surface area contributed by atoms with E-state index < -0.39 is 0 Å². The first-order valence-electron chi connectivity index (χ1n) is 5.86. The van der Waals surface area contributed by atoms with Crippen LogP contribution in [0.5, 0.6) is 0 Å². The molecular weight excluding hydrogens is 273 g/mol. The Kier molecular flexibility index (Phi) is 2.99. The molecule has 4 nitrogen and oxygen atoms in total. The Balaban J connectivity index is 1.91. The lowest BCUT2D eigenvalue weighted by molar-refractivity contribution is -0.117. The highest BCUT2D eigenvalue weighted by Crippen LogP contribution is 2.34. The molecule has 0 saturated heterocycles. The molecule has 6 heteroatoms. The summed E-state index contributed by atoms with van der Waals surface area (Å²) in [6.07, 6.45) is 5.32. The van der Waals surface area contributed by atoms with Gasteiger partial charge in [-0.15, -0.1) is 0 Å². The van der Waals surface area contributed by atoms with Gasteiger partial charge < -0.3 is 0 Å². The first kappa shape index (κ1) is 11.9. The van der Waals surface area contributed by atoms with Crippen LogP contribution < -0.4 is 5.01 Å². The SMILES string of the molecule is O=C1CC(C2CCC2)=NN1c1ncc(Cl)cc1Cl. The molecule has 3 rings (SSSR count). The van der Waals surface area contributed by atoms with Gasteiger partial charge in [-0.3, -0.25) is 4.79 Å². The van der Waals surface area contributed by atoms with Crippen LogP contribution in [0.15, 0.2) is 17.4 Å². The van der Waals surface area contributed by atoms with Gasteiger partial charge in [0.15, 0.2) is 5.82 Å². The highest BCUT2D eigenvalue weighted by Gasteiger charge is 2.34. The molecule has 1 aromatic heterocycles. The first-order chi connectivity index (χ1) is 8.65. The number of halogens is 2. The van der Waals surface area contributed by atoms with Gasteiger partial charge in [-0.1, -0.05) is 29.6 Å². The van der Waals surface area contributed by atoms with E-state index in [9.17, 15) is 4.79 Å². The second-order valence-electron chi connectivity index (χ2n) is 4.56. The molecule has 2 heterocycles. The number of amides is 1. The number of nitrogens with zero attached hydrogens (tertiary/aromatic N) is 3. The topological polar surface area (TPSA) is 45.6 Å². The maximum atomic E-state index is 11.9. The van der Waals surface area contributed by atoms with E-state index in [2.05, 4.69) is 10.1 Å². The summed E-state index contributed by atoms with van der Waals surface area (Å²) in [4.78, 5) is 16.0. The molecule has 2 aliphatic rings. The number of hydrogen-bond acceptors (Lipinski definition) is 3. The van der Waals surface area contributed by atoms with Crippen LogP contribution in [0.4, 0.5) is 5.82 Å². The molecule has 1 aromatic rings. The third-order valence-corrected chi connectivity index (χ3v) is 3.85. The number of hydrogen-bond donors (Lipinski definition) is 0. The summed E-state index contributed by atoms with van der Waals surface area (Å²) < 4.78 is 0. The van der Waals surface area contributed by atoms with Crippen molar-refractivity contribution in [1.82, 2.24) is 4.98 Å². The van der Waals surface area contributed by atoms with E-state index >= 15 is 0 Å². The minimum Gasteiger partial charge on any atom is -0.272 e. The van der Waals surface area contributed by atoms with Crippen molar-refractivity contribution < 1.29 is 4.79 Å². The number of hydrazone groups is 1. The predicted octanol–water partition coefficient (Wildman–Crippen LogP) is 3.28. The van der Waals surface area contributed by atoms with E-state index in [0.717, 1.165) is 18.6 Å². The fraction of sp³-hybridized carbons (Fsp3) is 0.417. The van der Waals surface area contributed by atoms with Crippen LogP contribution in [0.1, 0.15) is 25.7 Å². The molecule has 0 spiro atoms. The zero-order chi connectivity index (χ0) is 12.7. The third kappa shape index (κ3) is 1.99. The average molecular weight is 284 g/mol. The smallest absolute Gasteiger partial charge is 0.254 e. The van der Waals surface area contributed by atoms with Crippen LogP contribution in [0.3, 0.4) is 0 Å². The quantitative estimate of drug-likeness (QED) is 0.836. The normalized spacial score (nSPS) is 20.0. The van der Waals surface area contributed by atoms with Gasteiger partial charge in [0.2, 0.25) is 0 Å². The summed E-state index contributed by atoms with van der Waals surface area (Å²) >= 11 is 11.8. The van der Waals surface area contributed by atoms with Crippen molar-refractivity contribution in [1.29, 1.82) is 0 Å². The van der Waals surface area contributed by atoms with Crippen LogP contribution in [0.25, 0.3) is 0 Å². The van der Waals surface area contributed by atoms with Gasteiger partial charge in [0.25, 0.3) is 5.91 Å². The van der Waals surface area contributed by atoms with Crippen molar-refractivity contribution in [3.05, 3.63) is 22.3 Å². The number of anilines is 1. The lowest BCUT2D eigenvalue weighted by atomic mass is 9.81. The van der Waals surface area contributed by atoms with E-state index in [0.29, 0.717) is 28.2 Å². The van der Waals surface area contributed by atoms with Crippen LogP contribution in [-0.4, -0.2) is 16.6 Å². The van der Waals surface area contributed by atoms with Gasteiger partial charge in [-0.05, 0) is 24.8 Å². The molecule has 18 heavy (non-hydrogen) atoms. The molecule has 1 saturated carbocycles. The molecular formula is C12H11Cl2N3O. The van der Waals surface area contributed by atoms with Crippen LogP contribution in [0, 0.1) is 5.92 Å². The number of carbonyl (C=O) groups excluding carboxylic acids is 1. The van der Waals surface area contributed by atoms with Crippen LogP contribution in [-0.2, 0) is 4.79 Å². The van der Waals surface area contributed by atoms with Gasteiger partial charge in [-0.25, -0.2) is 4.98 Å². The molecule has 94 valence electrons. The Labute approximate surface area is 115 Å². The second kappa shape index (κ2) is 4.52. The fourth-order valence-corrected chi connectivity index (χ4v) is 2.61. The largest absolute Gasteiger partial charge is 0.272 e. The molecule has 0 aromatic carbocycles. The molecule has 0 radical (unpaired) electrons. The average Bonchev–Trinajstić information content (AvgIpc) is 2.57. The molecule has 0 atom stereocenters. The molecule has 0 unspecified atom stereocenters. The van der Waals surface area contributed by atoms with Crippen molar-refractivity contribution in [2.24, 2.45) is 11.0 Å². The van der Waals surface area contributed by atoms with E-state index in [-0.39, 0.29) is 5.91 Å². The zero-order valence-electron chi connectivity index (χ0n) is 9.57. The predicted molar refractivity (Wildman–Crippen MR) is 71.1 cm³/mol. The minimum atomic E-state index is -0.0753. The molecule has 0 N–H and O–H groups in total. The van der Waals surface area contributed by atoms with Crippen LogP contribution in [0.2, 0.25) is 10.0 Å². The molecule has 1 aliphatic carbocycles. The highest BCUT2D eigenvalue weighted by molar-refractivity contribution is 6.36. The third-order valence-electron chi connectivity index (χ3n) is 3.36. The summed E-state index contributed by atoms with van der Waals surface area (Å²) in [6.45, 7) is 0. The van der Waals surface area contributed by atoms with Gasteiger partial charge in [0.05, 0.1) is 22.2 Å². The van der Waals surface area contributed by atoms with Gasteiger partial charge in [-0.2, -0.15) is 10.1 Å². The summed E-state index contributed by atoms with van der Waals surface area (Å²) in [5, 5.41) is 6.45. The highest BCUT2D eigenvalue weighted by atomic mass is 35.5. The minimum absolute atomic E-state index is 0.0753. The molecule has 0 bridgehead atoms. The van der Waals surface area contributed by atoms with Gasteiger partial charge >= 0.3 is 0 Å². The molecule has 1 aliphatic heterocycles. The Bertz CT molecular complexity index is 540. The van der Waals surface area contributed by atoms with Crippen molar-refractivity contribution in [3.8, 4) is 0 Å².